The predicted molar refractivity (Wildman–Crippen MR) is 79.2 cm³/mol. The minimum Gasteiger partial charge on any atom is -0.437 e. The van der Waals surface area contributed by atoms with Gasteiger partial charge in [-0.3, -0.25) is 0 Å². The van der Waals surface area contributed by atoms with Crippen molar-refractivity contribution in [2.24, 2.45) is 0 Å². The molecule has 0 bridgehead atoms. The summed E-state index contributed by atoms with van der Waals surface area (Å²) in [6, 6.07) is 7.61. The van der Waals surface area contributed by atoms with Crippen LogP contribution < -0.4 is 10.1 Å². The average Bonchev–Trinajstić information content (AvgIpc) is 2.47. The number of aromatic nitrogens is 2. The van der Waals surface area contributed by atoms with E-state index in [2.05, 4.69) is 15.3 Å². The van der Waals surface area contributed by atoms with Gasteiger partial charge in [-0.15, -0.1) is 0 Å². The van der Waals surface area contributed by atoms with Crippen molar-refractivity contribution in [1.29, 1.82) is 5.26 Å². The Balaban J connectivity index is 2.37. The molecule has 0 saturated carbocycles. The van der Waals surface area contributed by atoms with Crippen LogP contribution in [0.25, 0.3) is 0 Å². The Kier molecular flexibility index (Phi) is 4.95. The number of nitrogens with zero attached hydrogens (tertiary/aromatic N) is 3. The minimum absolute atomic E-state index is 0.130. The Hall–Kier alpha value is -2.33. The van der Waals surface area contributed by atoms with Crippen molar-refractivity contribution < 1.29 is 9.13 Å². The molecule has 0 aliphatic heterocycles. The monoisotopic (exact) mass is 304 g/mol. The van der Waals surface area contributed by atoms with E-state index in [1.807, 2.05) is 13.2 Å². The van der Waals surface area contributed by atoms with Gasteiger partial charge in [-0.25, -0.2) is 9.37 Å². The molecule has 21 heavy (non-hydrogen) atoms. The van der Waals surface area contributed by atoms with E-state index in [0.29, 0.717) is 17.5 Å². The van der Waals surface area contributed by atoms with E-state index in [9.17, 15) is 4.39 Å². The zero-order chi connectivity index (χ0) is 15.2. The molecule has 1 aromatic heterocycles. The van der Waals surface area contributed by atoms with Crippen molar-refractivity contribution in [3.63, 3.8) is 0 Å². The minimum atomic E-state index is -0.624. The Morgan fingerprint density at radius 1 is 1.43 bits per heavy atom. The number of ether oxygens (including phenoxy) is 1. The van der Waals surface area contributed by atoms with Gasteiger partial charge in [0.2, 0.25) is 5.88 Å². The first-order valence-corrected chi connectivity index (χ1v) is 7.43. The number of hydrogen-bond acceptors (Lipinski definition) is 6. The van der Waals surface area contributed by atoms with E-state index >= 15 is 0 Å². The fraction of sp³-hybridized carbons (Fsp3) is 0.214. The summed E-state index contributed by atoms with van der Waals surface area (Å²) in [5.74, 6) is 0.376. The molecule has 1 heterocycles. The molecule has 0 atom stereocenters. The first-order valence-electron chi connectivity index (χ1n) is 6.21. The molecule has 0 fully saturated rings. The third-order valence-electron chi connectivity index (χ3n) is 2.52. The molecular weight excluding hydrogens is 291 g/mol. The molecule has 1 aromatic carbocycles. The van der Waals surface area contributed by atoms with E-state index in [4.69, 9.17) is 10.00 Å². The Morgan fingerprint density at radius 3 is 2.90 bits per heavy atom. The van der Waals surface area contributed by atoms with Crippen LogP contribution in [0.4, 0.5) is 10.2 Å². The second-order valence-corrected chi connectivity index (χ2v) is 4.71. The molecule has 0 unspecified atom stereocenters. The summed E-state index contributed by atoms with van der Waals surface area (Å²) in [6.07, 6.45) is 1.84. The average molecular weight is 304 g/mol. The van der Waals surface area contributed by atoms with E-state index in [-0.39, 0.29) is 17.2 Å². The molecule has 1 N–H and O–H groups in total. The lowest BCUT2D eigenvalue weighted by atomic mass is 10.2. The Labute approximate surface area is 126 Å². The molecule has 5 nitrogen and oxygen atoms in total. The molecule has 2 rings (SSSR count). The van der Waals surface area contributed by atoms with Crippen LogP contribution >= 0.6 is 11.8 Å². The summed E-state index contributed by atoms with van der Waals surface area (Å²) in [7, 11) is 0. The zero-order valence-electron chi connectivity index (χ0n) is 11.6. The van der Waals surface area contributed by atoms with Gasteiger partial charge in [0.15, 0.2) is 5.16 Å². The number of benzene rings is 1. The van der Waals surface area contributed by atoms with Crippen molar-refractivity contribution in [1.82, 2.24) is 9.97 Å². The third-order valence-corrected chi connectivity index (χ3v) is 3.07. The van der Waals surface area contributed by atoms with Crippen LogP contribution in [0.1, 0.15) is 12.5 Å². The van der Waals surface area contributed by atoms with Crippen LogP contribution in [-0.2, 0) is 0 Å². The van der Waals surface area contributed by atoms with Gasteiger partial charge in [-0.2, -0.15) is 10.2 Å². The molecule has 0 aliphatic carbocycles. The summed E-state index contributed by atoms with van der Waals surface area (Å²) in [4.78, 5) is 8.46. The Morgan fingerprint density at radius 2 is 2.24 bits per heavy atom. The van der Waals surface area contributed by atoms with Gasteiger partial charge in [-0.05, 0) is 25.3 Å². The second-order valence-electron chi connectivity index (χ2n) is 3.94. The maximum atomic E-state index is 13.5. The number of hydrogen-bond donors (Lipinski definition) is 1. The highest BCUT2D eigenvalue weighted by Crippen LogP contribution is 2.27. The predicted octanol–water partition coefficient (Wildman–Crippen LogP) is 3.43. The summed E-state index contributed by atoms with van der Waals surface area (Å²) in [6.45, 7) is 2.65. The van der Waals surface area contributed by atoms with Crippen molar-refractivity contribution >= 4 is 17.6 Å². The number of nitriles is 1. The fourth-order valence-electron chi connectivity index (χ4n) is 1.63. The number of nitrogens with one attached hydrogen (secondary N) is 1. The number of rotatable bonds is 5. The molecule has 0 saturated heterocycles. The molecule has 0 spiro atoms. The fourth-order valence-corrected chi connectivity index (χ4v) is 2.00. The first kappa shape index (κ1) is 15.1. The lowest BCUT2D eigenvalue weighted by Crippen LogP contribution is -2.02. The van der Waals surface area contributed by atoms with E-state index in [1.165, 1.54) is 30.0 Å². The van der Waals surface area contributed by atoms with Crippen molar-refractivity contribution in [2.45, 2.75) is 12.1 Å². The molecule has 2 aromatic rings. The van der Waals surface area contributed by atoms with E-state index in [0.717, 1.165) is 0 Å². The summed E-state index contributed by atoms with van der Waals surface area (Å²) >= 11 is 1.37. The van der Waals surface area contributed by atoms with E-state index in [1.54, 1.807) is 12.1 Å². The number of anilines is 1. The van der Waals surface area contributed by atoms with Gasteiger partial charge in [0, 0.05) is 12.6 Å². The lowest BCUT2D eigenvalue weighted by molar-refractivity contribution is 0.449. The molecule has 0 amide bonds. The molecular formula is C14H13FN4OS. The normalized spacial score (nSPS) is 10.0. The van der Waals surface area contributed by atoms with Gasteiger partial charge < -0.3 is 10.1 Å². The third kappa shape index (κ3) is 3.61. The van der Waals surface area contributed by atoms with Gasteiger partial charge in [0.05, 0.1) is 0 Å². The largest absolute Gasteiger partial charge is 0.437 e. The van der Waals surface area contributed by atoms with Crippen molar-refractivity contribution in [3.05, 3.63) is 35.6 Å². The SMILES string of the molecule is CCNc1cc(Oc2cccc(F)c2C#N)nc(SC)n1. The summed E-state index contributed by atoms with van der Waals surface area (Å²) in [5, 5.41) is 12.6. The standard InChI is InChI=1S/C14H13FN4OS/c1-3-17-12-7-13(19-14(18-12)21-2)20-11-6-4-5-10(15)9(11)8-16/h4-7H,3H2,1-2H3,(H,17,18,19). The molecule has 0 aliphatic rings. The second kappa shape index (κ2) is 6.90. The topological polar surface area (TPSA) is 70.8 Å². The molecule has 7 heteroatoms. The quantitative estimate of drug-likeness (QED) is 0.674. The van der Waals surface area contributed by atoms with Crippen LogP contribution in [0, 0.1) is 17.1 Å². The lowest BCUT2D eigenvalue weighted by Gasteiger charge is -2.10. The number of halogens is 1. The first-order chi connectivity index (χ1) is 10.2. The van der Waals surface area contributed by atoms with Gasteiger partial charge in [-0.1, -0.05) is 17.8 Å². The van der Waals surface area contributed by atoms with Gasteiger partial charge in [0.25, 0.3) is 0 Å². The maximum absolute atomic E-state index is 13.5. The van der Waals surface area contributed by atoms with E-state index < -0.39 is 5.82 Å². The highest BCUT2D eigenvalue weighted by Gasteiger charge is 2.12. The van der Waals surface area contributed by atoms with Crippen LogP contribution in [-0.4, -0.2) is 22.8 Å². The highest BCUT2D eigenvalue weighted by molar-refractivity contribution is 7.98. The smallest absolute Gasteiger partial charge is 0.225 e. The van der Waals surface area contributed by atoms with Gasteiger partial charge >= 0.3 is 0 Å². The maximum Gasteiger partial charge on any atom is 0.225 e. The molecule has 0 radical (unpaired) electrons. The molecule has 108 valence electrons. The summed E-state index contributed by atoms with van der Waals surface area (Å²) < 4.78 is 19.1. The Bertz CT molecular complexity index is 687. The zero-order valence-corrected chi connectivity index (χ0v) is 12.4. The van der Waals surface area contributed by atoms with Crippen LogP contribution in [0.3, 0.4) is 0 Å². The highest BCUT2D eigenvalue weighted by atomic mass is 32.2. The number of thioether (sulfide) groups is 1. The summed E-state index contributed by atoms with van der Waals surface area (Å²) in [5.41, 5.74) is -0.146. The van der Waals surface area contributed by atoms with Crippen molar-refractivity contribution in [2.75, 3.05) is 18.1 Å². The van der Waals surface area contributed by atoms with Crippen LogP contribution in [0.15, 0.2) is 29.4 Å². The van der Waals surface area contributed by atoms with Crippen molar-refractivity contribution in [3.8, 4) is 17.7 Å². The van der Waals surface area contributed by atoms with Crippen LogP contribution in [0.5, 0.6) is 11.6 Å². The van der Waals surface area contributed by atoms with Crippen LogP contribution in [0.2, 0.25) is 0 Å². The van der Waals surface area contributed by atoms with Gasteiger partial charge in [0.1, 0.15) is 29.0 Å².